The van der Waals surface area contributed by atoms with Crippen LogP contribution in [0.4, 0.5) is 5.69 Å². The lowest BCUT2D eigenvalue weighted by Crippen LogP contribution is -2.06. The highest BCUT2D eigenvalue weighted by Gasteiger charge is 2.12. The van der Waals surface area contributed by atoms with E-state index in [1.807, 2.05) is 19.1 Å². The fourth-order valence-electron chi connectivity index (χ4n) is 3.37. The third-order valence-electron chi connectivity index (χ3n) is 5.69. The van der Waals surface area contributed by atoms with Crippen molar-refractivity contribution in [3.63, 3.8) is 0 Å². The number of nitrogens with zero attached hydrogens (tertiary/aromatic N) is 2. The molecule has 0 fully saturated rings. The van der Waals surface area contributed by atoms with Crippen molar-refractivity contribution in [2.45, 2.75) is 67.7 Å². The molecule has 4 nitrogen and oxygen atoms in total. The highest BCUT2D eigenvalue weighted by Crippen LogP contribution is 2.30. The first-order valence-corrected chi connectivity index (χ1v) is 12.5. The summed E-state index contributed by atoms with van der Waals surface area (Å²) in [6.07, 6.45) is 13.8. The van der Waals surface area contributed by atoms with Crippen LogP contribution in [0.5, 0.6) is 5.88 Å². The summed E-state index contributed by atoms with van der Waals surface area (Å²) in [5.41, 5.74) is 8.89. The molecule has 0 aliphatic heterocycles. The van der Waals surface area contributed by atoms with Gasteiger partial charge in [0.25, 0.3) is 0 Å². The van der Waals surface area contributed by atoms with E-state index in [-0.39, 0.29) is 0 Å². The lowest BCUT2D eigenvalue weighted by molar-refractivity contribution is 0.328. The van der Waals surface area contributed by atoms with E-state index in [4.69, 9.17) is 9.72 Å². The summed E-state index contributed by atoms with van der Waals surface area (Å²) in [5, 5.41) is 3.64. The van der Waals surface area contributed by atoms with Crippen LogP contribution in [-0.2, 0) is 0 Å². The first-order chi connectivity index (χ1) is 16.4. The summed E-state index contributed by atoms with van der Waals surface area (Å²) in [5.74, 6) is 0.611. The monoisotopic (exact) mass is 459 g/mol. The van der Waals surface area contributed by atoms with Crippen LogP contribution in [0.2, 0.25) is 0 Å². The van der Waals surface area contributed by atoms with Crippen LogP contribution < -0.4 is 10.1 Å². The number of anilines is 1. The number of pyridine rings is 2. The van der Waals surface area contributed by atoms with Gasteiger partial charge < -0.3 is 10.1 Å². The molecule has 0 amide bonds. The van der Waals surface area contributed by atoms with E-state index < -0.39 is 0 Å². The van der Waals surface area contributed by atoms with Crippen LogP contribution in [-0.4, -0.2) is 23.1 Å². The number of nitrogens with one attached hydrogen (secondary N) is 1. The molecule has 0 unspecified atom stereocenters. The van der Waals surface area contributed by atoms with Gasteiger partial charge in [-0.15, -0.1) is 0 Å². The molecule has 2 heterocycles. The maximum Gasteiger partial charge on any atom is 0.222 e. The Kier molecular flexibility index (Phi) is 11.3. The zero-order valence-corrected chi connectivity index (χ0v) is 22.0. The molecule has 0 radical (unpaired) electrons. The van der Waals surface area contributed by atoms with Crippen LogP contribution >= 0.6 is 0 Å². The van der Waals surface area contributed by atoms with Gasteiger partial charge in [-0.2, -0.15) is 0 Å². The molecule has 4 heteroatoms. The Bertz CT molecular complexity index is 1060. The molecule has 2 aromatic heterocycles. The van der Waals surface area contributed by atoms with Crippen molar-refractivity contribution >= 4 is 11.3 Å². The molecular formula is C30H41N3O. The maximum absolute atomic E-state index is 5.79. The van der Waals surface area contributed by atoms with Gasteiger partial charge in [-0.1, -0.05) is 56.2 Å². The number of aromatic nitrogens is 2. The number of allylic oxidation sites excluding steroid dienone is 6. The smallest absolute Gasteiger partial charge is 0.222 e. The lowest BCUT2D eigenvalue weighted by atomic mass is 10.1. The Morgan fingerprint density at radius 1 is 1.00 bits per heavy atom. The van der Waals surface area contributed by atoms with Crippen molar-refractivity contribution in [1.29, 1.82) is 0 Å². The van der Waals surface area contributed by atoms with Gasteiger partial charge in [0.05, 0.1) is 23.6 Å². The number of hydrogen-bond acceptors (Lipinski definition) is 4. The molecule has 0 spiro atoms. The van der Waals surface area contributed by atoms with Crippen molar-refractivity contribution in [3.05, 3.63) is 77.2 Å². The van der Waals surface area contributed by atoms with Gasteiger partial charge in [0.2, 0.25) is 5.88 Å². The zero-order valence-electron chi connectivity index (χ0n) is 22.0. The fraction of sp³-hybridized carbons (Fsp3) is 0.400. The molecule has 34 heavy (non-hydrogen) atoms. The molecule has 2 aromatic rings. The predicted octanol–water partition coefficient (Wildman–Crippen LogP) is 8.41. The number of hydrogen-bond donors (Lipinski definition) is 1. The fourth-order valence-corrected chi connectivity index (χ4v) is 3.37. The van der Waals surface area contributed by atoms with Crippen molar-refractivity contribution in [2.24, 2.45) is 0 Å². The molecule has 1 N–H and O–H groups in total. The van der Waals surface area contributed by atoms with Gasteiger partial charge in [0, 0.05) is 18.4 Å². The summed E-state index contributed by atoms with van der Waals surface area (Å²) in [4.78, 5) is 9.39. The van der Waals surface area contributed by atoms with Crippen LogP contribution in [0.1, 0.15) is 73.4 Å². The average Bonchev–Trinajstić information content (AvgIpc) is 2.85. The second kappa shape index (κ2) is 14.2. The third kappa shape index (κ3) is 8.33. The largest absolute Gasteiger partial charge is 0.477 e. The van der Waals surface area contributed by atoms with Crippen molar-refractivity contribution in [1.82, 2.24) is 9.97 Å². The molecule has 182 valence electrons. The summed E-state index contributed by atoms with van der Waals surface area (Å²) in [6.45, 7) is 16.3. The summed E-state index contributed by atoms with van der Waals surface area (Å²) < 4.78 is 5.79. The highest BCUT2D eigenvalue weighted by molar-refractivity contribution is 5.73. The number of ether oxygens (including phenoxy) is 1. The Morgan fingerprint density at radius 2 is 1.76 bits per heavy atom. The molecule has 0 aromatic carbocycles. The van der Waals surface area contributed by atoms with Gasteiger partial charge >= 0.3 is 0 Å². The van der Waals surface area contributed by atoms with E-state index in [9.17, 15) is 0 Å². The molecule has 0 saturated carbocycles. The SMILES string of the molecule is CCC=C(C)c1cc(NCC(/C=C(\C)CC)=C/C=C(/C)CC)cc(-c2cccnc2OCC)n1. The minimum atomic E-state index is 0.561. The first-order valence-electron chi connectivity index (χ1n) is 12.5. The van der Waals surface area contributed by atoms with E-state index in [1.54, 1.807) is 6.20 Å². The molecule has 0 saturated heterocycles. The Balaban J connectivity index is 2.48. The Labute approximate surface area is 206 Å². The maximum atomic E-state index is 5.79. The minimum Gasteiger partial charge on any atom is -0.477 e. The third-order valence-corrected chi connectivity index (χ3v) is 5.69. The minimum absolute atomic E-state index is 0.561. The van der Waals surface area contributed by atoms with Gasteiger partial charge in [-0.3, -0.25) is 0 Å². The molecule has 0 bridgehead atoms. The topological polar surface area (TPSA) is 47.0 Å². The standard InChI is InChI=1S/C30H41N3O/c1-8-13-24(7)28-19-26(20-29(33-28)27-14-12-17-31-30(27)34-11-4)32-21-25(18-23(6)10-3)16-15-22(5)9-2/h12-20H,8-11,21H2,1-7H3,(H,32,33)/b22-15-,23-18+,24-13?,25-16+. The molecular weight excluding hydrogens is 418 g/mol. The van der Waals surface area contributed by atoms with Crippen LogP contribution in [0.3, 0.4) is 0 Å². The summed E-state index contributed by atoms with van der Waals surface area (Å²) in [7, 11) is 0. The highest BCUT2D eigenvalue weighted by atomic mass is 16.5. The molecule has 2 rings (SSSR count). The quantitative estimate of drug-likeness (QED) is 0.324. The van der Waals surface area contributed by atoms with E-state index in [1.165, 1.54) is 16.7 Å². The first kappa shape index (κ1) is 27.1. The van der Waals surface area contributed by atoms with Crippen molar-refractivity contribution < 1.29 is 4.74 Å². The van der Waals surface area contributed by atoms with Crippen LogP contribution in [0.15, 0.2) is 71.5 Å². The van der Waals surface area contributed by atoms with E-state index in [0.717, 1.165) is 54.0 Å². The molecule has 0 atom stereocenters. The molecule has 0 aliphatic rings. The van der Waals surface area contributed by atoms with Crippen LogP contribution in [0, 0.1) is 0 Å². The zero-order chi connectivity index (χ0) is 24.9. The normalized spacial score (nSPS) is 13.3. The second-order valence-electron chi connectivity index (χ2n) is 8.52. The predicted molar refractivity (Wildman–Crippen MR) is 147 cm³/mol. The number of rotatable bonds is 12. The molecule has 0 aliphatic carbocycles. The van der Waals surface area contributed by atoms with Gasteiger partial charge in [-0.05, 0) is 82.4 Å². The van der Waals surface area contributed by atoms with Gasteiger partial charge in [0.15, 0.2) is 0 Å². The lowest BCUT2D eigenvalue weighted by Gasteiger charge is -2.14. The van der Waals surface area contributed by atoms with E-state index >= 15 is 0 Å². The van der Waals surface area contributed by atoms with Crippen LogP contribution in [0.25, 0.3) is 16.8 Å². The summed E-state index contributed by atoms with van der Waals surface area (Å²) >= 11 is 0. The second-order valence-corrected chi connectivity index (χ2v) is 8.52. The van der Waals surface area contributed by atoms with Gasteiger partial charge in [0.1, 0.15) is 0 Å². The van der Waals surface area contributed by atoms with Crippen molar-refractivity contribution in [2.75, 3.05) is 18.5 Å². The van der Waals surface area contributed by atoms with Crippen molar-refractivity contribution in [3.8, 4) is 17.1 Å². The Morgan fingerprint density at radius 3 is 2.44 bits per heavy atom. The van der Waals surface area contributed by atoms with E-state index in [0.29, 0.717) is 12.5 Å². The van der Waals surface area contributed by atoms with Gasteiger partial charge in [-0.25, -0.2) is 9.97 Å². The van der Waals surface area contributed by atoms with E-state index in [2.05, 4.69) is 88.3 Å². The summed E-state index contributed by atoms with van der Waals surface area (Å²) in [6, 6.07) is 8.16. The Hall–Kier alpha value is -3.14. The average molecular weight is 460 g/mol.